The molecule has 4 aliphatic rings. The Morgan fingerprint density at radius 1 is 0.727 bits per heavy atom. The smallest absolute Gasteiger partial charge is 0.308 e. The molecule has 2 aliphatic heterocycles. The van der Waals surface area contributed by atoms with E-state index in [2.05, 4.69) is 44.2 Å². The summed E-state index contributed by atoms with van der Waals surface area (Å²) in [5.74, 6) is -0.262. The van der Waals surface area contributed by atoms with Crippen molar-refractivity contribution in [2.75, 3.05) is 39.6 Å². The Kier molecular flexibility index (Phi) is 29.1. The second-order valence-electron chi connectivity index (χ2n) is 20.0. The van der Waals surface area contributed by atoms with E-state index in [1.54, 1.807) is 6.08 Å². The highest BCUT2D eigenvalue weighted by atomic mass is 16.7. The SMILES string of the molecule is CCCCCCCC1(CC[C@H]2C=CC(=O)[C@@H]2C/C=C\CCCOC(=O)C(C)C)OCCO1.CCCCCCCC1(CC[C@H]2[C@H](CO)C[C@H](O)[C@@H]2CC=CCCCC(=O)OC(C)C)OCCO1. The second-order valence-corrected chi connectivity index (χ2v) is 20.0. The Labute approximate surface area is 400 Å². The van der Waals surface area contributed by atoms with Crippen molar-refractivity contribution in [3.63, 3.8) is 0 Å². The minimum Gasteiger partial charge on any atom is -0.465 e. The number of ketones is 1. The molecule has 2 heterocycles. The zero-order valence-corrected chi connectivity index (χ0v) is 42.4. The molecule has 6 atom stereocenters. The molecule has 0 aromatic carbocycles. The van der Waals surface area contributed by atoms with Crippen LogP contribution in [0.15, 0.2) is 36.5 Å². The summed E-state index contributed by atoms with van der Waals surface area (Å²) in [6.45, 7) is 15.1. The van der Waals surface area contributed by atoms with Gasteiger partial charge in [0.05, 0.1) is 51.2 Å². The van der Waals surface area contributed by atoms with Crippen molar-refractivity contribution in [2.24, 2.45) is 35.5 Å². The van der Waals surface area contributed by atoms with Gasteiger partial charge in [-0.25, -0.2) is 0 Å². The van der Waals surface area contributed by atoms with Crippen LogP contribution in [0.25, 0.3) is 0 Å². The summed E-state index contributed by atoms with van der Waals surface area (Å²) in [6, 6.07) is 0. The number of aliphatic hydroxyl groups is 2. The number of unbranched alkanes of at least 4 members (excludes halogenated alkanes) is 10. The standard InChI is InChI=1S/C28H50O6.C27H44O5/c1-4-5-6-9-12-16-28(32-18-19-33-28)17-15-24-23(21-29)20-26(30)25(24)13-10-7-8-11-14-27(31)34-22(2)3;1-4-5-6-8-11-17-27(31-20-21-32-27)18-16-23-14-15-25(28)24(23)13-10-7-9-12-19-30-26(29)22(2)3/h7,10,22-26,29-30H,4-6,8-9,11-21H2,1-3H3;7,10,14-15,22-24H,4-6,8-9,11-13,16-21H2,1-3H3/b;10-7-/t23-,24-,25+,26-;23-,24-/m01/s1. The predicted molar refractivity (Wildman–Crippen MR) is 261 cm³/mol. The van der Waals surface area contributed by atoms with Crippen molar-refractivity contribution < 1.29 is 53.0 Å². The molecule has 380 valence electrons. The van der Waals surface area contributed by atoms with Crippen LogP contribution >= 0.6 is 0 Å². The van der Waals surface area contributed by atoms with E-state index in [1.165, 1.54) is 51.4 Å². The molecule has 0 spiro atoms. The van der Waals surface area contributed by atoms with Crippen LogP contribution in [0.5, 0.6) is 0 Å². The zero-order chi connectivity index (χ0) is 48.0. The molecular formula is C55H94O11. The molecule has 0 bridgehead atoms. The number of rotatable bonds is 33. The molecule has 11 heteroatoms. The van der Waals surface area contributed by atoms with Crippen molar-refractivity contribution in [3.8, 4) is 0 Å². The van der Waals surface area contributed by atoms with Crippen molar-refractivity contribution in [3.05, 3.63) is 36.5 Å². The van der Waals surface area contributed by atoms with Crippen LogP contribution in [-0.4, -0.2) is 91.4 Å². The van der Waals surface area contributed by atoms with Gasteiger partial charge in [0.2, 0.25) is 0 Å². The van der Waals surface area contributed by atoms with Crippen LogP contribution in [0, 0.1) is 35.5 Å². The third-order valence-corrected chi connectivity index (χ3v) is 14.0. The fourth-order valence-electron chi connectivity index (χ4n) is 10.1. The van der Waals surface area contributed by atoms with E-state index < -0.39 is 11.6 Å². The summed E-state index contributed by atoms with van der Waals surface area (Å²) in [5, 5.41) is 20.7. The van der Waals surface area contributed by atoms with Gasteiger partial charge in [0.1, 0.15) is 0 Å². The highest BCUT2D eigenvalue weighted by Gasteiger charge is 2.44. The van der Waals surface area contributed by atoms with Gasteiger partial charge in [-0.05, 0) is 114 Å². The Hall–Kier alpha value is -2.41. The number of allylic oxidation sites excluding steroid dienone is 6. The van der Waals surface area contributed by atoms with E-state index in [1.807, 2.05) is 27.7 Å². The minimum atomic E-state index is -0.481. The van der Waals surface area contributed by atoms with Crippen molar-refractivity contribution in [1.82, 2.24) is 0 Å². The lowest BCUT2D eigenvalue weighted by Crippen LogP contribution is -2.32. The normalized spacial score (nSPS) is 24.6. The van der Waals surface area contributed by atoms with E-state index in [-0.39, 0.29) is 72.0 Å². The molecule has 0 unspecified atom stereocenters. The van der Waals surface area contributed by atoms with Gasteiger partial charge in [-0.15, -0.1) is 0 Å². The third-order valence-electron chi connectivity index (χ3n) is 14.0. The first kappa shape index (κ1) is 57.9. The van der Waals surface area contributed by atoms with Crippen LogP contribution < -0.4 is 0 Å². The number of aliphatic hydroxyl groups excluding tert-OH is 2. The number of carbonyl (C=O) groups is 3. The number of hydrogen-bond acceptors (Lipinski definition) is 11. The molecule has 2 N–H and O–H groups in total. The van der Waals surface area contributed by atoms with Gasteiger partial charge in [-0.1, -0.05) is 109 Å². The summed E-state index contributed by atoms with van der Waals surface area (Å²) in [5.41, 5.74) is 0. The summed E-state index contributed by atoms with van der Waals surface area (Å²) in [7, 11) is 0. The maximum absolute atomic E-state index is 12.4. The third kappa shape index (κ3) is 21.9. The molecule has 3 fully saturated rings. The molecule has 1 saturated carbocycles. The predicted octanol–water partition coefficient (Wildman–Crippen LogP) is 11.7. The van der Waals surface area contributed by atoms with Crippen molar-refractivity contribution in [2.45, 2.75) is 219 Å². The average Bonchev–Trinajstić information content (AvgIpc) is 4.10. The maximum atomic E-state index is 12.4. The van der Waals surface area contributed by atoms with E-state index in [0.29, 0.717) is 45.9 Å². The lowest BCUT2D eigenvalue weighted by molar-refractivity contribution is -0.171. The quantitative estimate of drug-likeness (QED) is 0.0368. The number of carbonyl (C=O) groups excluding carboxylic acids is 3. The molecule has 11 nitrogen and oxygen atoms in total. The summed E-state index contributed by atoms with van der Waals surface area (Å²) in [4.78, 5) is 35.5. The molecule has 0 amide bonds. The Morgan fingerprint density at radius 2 is 1.29 bits per heavy atom. The lowest BCUT2D eigenvalue weighted by atomic mass is 9.82. The Morgan fingerprint density at radius 3 is 1.85 bits per heavy atom. The van der Waals surface area contributed by atoms with Crippen LogP contribution in [0.1, 0.15) is 196 Å². The van der Waals surface area contributed by atoms with E-state index in [0.717, 1.165) is 89.9 Å². The van der Waals surface area contributed by atoms with Gasteiger partial charge in [0.25, 0.3) is 0 Å². The largest absolute Gasteiger partial charge is 0.465 e. The first-order valence-electron chi connectivity index (χ1n) is 26.6. The molecule has 0 aromatic rings. The number of esters is 2. The van der Waals surface area contributed by atoms with Gasteiger partial charge < -0.3 is 38.6 Å². The highest BCUT2D eigenvalue weighted by Crippen LogP contribution is 2.45. The monoisotopic (exact) mass is 931 g/mol. The molecule has 66 heavy (non-hydrogen) atoms. The van der Waals surface area contributed by atoms with Crippen LogP contribution in [0.2, 0.25) is 0 Å². The lowest BCUT2D eigenvalue weighted by Gasteiger charge is -2.31. The minimum absolute atomic E-state index is 0.0213. The maximum Gasteiger partial charge on any atom is 0.308 e. The summed E-state index contributed by atoms with van der Waals surface area (Å²) >= 11 is 0. The Balaban J connectivity index is 0.000000351. The van der Waals surface area contributed by atoms with Crippen LogP contribution in [-0.2, 0) is 42.8 Å². The molecule has 0 radical (unpaired) electrons. The highest BCUT2D eigenvalue weighted by molar-refractivity contribution is 5.94. The van der Waals surface area contributed by atoms with Crippen LogP contribution in [0.3, 0.4) is 0 Å². The molecule has 4 rings (SSSR count). The molecular weight excluding hydrogens is 837 g/mol. The second kappa shape index (κ2) is 33.2. The van der Waals surface area contributed by atoms with Gasteiger partial charge in [0.15, 0.2) is 17.4 Å². The van der Waals surface area contributed by atoms with Gasteiger partial charge >= 0.3 is 11.9 Å². The summed E-state index contributed by atoms with van der Waals surface area (Å²) in [6.07, 6.45) is 35.4. The van der Waals surface area contributed by atoms with E-state index >= 15 is 0 Å². The Bertz CT molecular complexity index is 1410. The fourth-order valence-corrected chi connectivity index (χ4v) is 10.1. The zero-order valence-electron chi connectivity index (χ0n) is 42.4. The first-order valence-corrected chi connectivity index (χ1v) is 26.6. The molecule has 2 saturated heterocycles. The van der Waals surface area contributed by atoms with E-state index in [4.69, 9.17) is 28.4 Å². The first-order chi connectivity index (χ1) is 31.9. The van der Waals surface area contributed by atoms with Gasteiger partial charge in [-0.2, -0.15) is 0 Å². The fraction of sp³-hybridized carbons (Fsp3) is 0.836. The molecule has 2 aliphatic carbocycles. The van der Waals surface area contributed by atoms with E-state index in [9.17, 15) is 24.6 Å². The van der Waals surface area contributed by atoms with Crippen molar-refractivity contribution in [1.29, 1.82) is 0 Å². The summed E-state index contributed by atoms with van der Waals surface area (Å²) < 4.78 is 34.7. The molecule has 0 aromatic heterocycles. The van der Waals surface area contributed by atoms with Crippen LogP contribution in [0.4, 0.5) is 0 Å². The van der Waals surface area contributed by atoms with Gasteiger partial charge in [0, 0.05) is 44.6 Å². The van der Waals surface area contributed by atoms with Gasteiger partial charge in [-0.3, -0.25) is 14.4 Å². The number of hydrogen-bond donors (Lipinski definition) is 2. The number of ether oxygens (including phenoxy) is 6. The topological polar surface area (TPSA) is 147 Å². The average molecular weight is 931 g/mol. The van der Waals surface area contributed by atoms with Crippen molar-refractivity contribution >= 4 is 17.7 Å².